The topological polar surface area (TPSA) is 138 Å². The van der Waals surface area contributed by atoms with E-state index in [2.05, 4.69) is 25.7 Å². The predicted molar refractivity (Wildman–Crippen MR) is 103 cm³/mol. The maximum absolute atomic E-state index is 11.5. The van der Waals surface area contributed by atoms with Gasteiger partial charge in [-0.3, -0.25) is 10.1 Å². The lowest BCUT2D eigenvalue weighted by atomic mass is 10.2. The molecule has 0 aliphatic carbocycles. The first-order valence-corrected chi connectivity index (χ1v) is 8.74. The van der Waals surface area contributed by atoms with Gasteiger partial charge >= 0.3 is 12.2 Å². The van der Waals surface area contributed by atoms with Crippen molar-refractivity contribution in [1.82, 2.24) is 5.32 Å². The molecule has 0 radical (unpaired) electrons. The molecule has 11 heteroatoms. The zero-order valence-corrected chi connectivity index (χ0v) is 16.2. The first kappa shape index (κ1) is 22.3. The van der Waals surface area contributed by atoms with E-state index >= 15 is 0 Å². The van der Waals surface area contributed by atoms with Crippen molar-refractivity contribution in [1.29, 1.82) is 0 Å². The van der Waals surface area contributed by atoms with Crippen LogP contribution in [-0.2, 0) is 14.3 Å². The maximum Gasteiger partial charge on any atom is 0.434 e. The summed E-state index contributed by atoms with van der Waals surface area (Å²) < 4.78 is 9.63. The van der Waals surface area contributed by atoms with Gasteiger partial charge in [-0.15, -0.1) is 16.8 Å². The van der Waals surface area contributed by atoms with Crippen LogP contribution in [0.25, 0.3) is 0 Å². The SMILES string of the molecule is COC(=O)N/C(=N/C(=O)O)Nc1ccc(SCC(C)OC)cc1NC(C)=O. The number of aliphatic imine (C=N–C) groups is 1. The summed E-state index contributed by atoms with van der Waals surface area (Å²) in [4.78, 5) is 37.8. The normalized spacial score (nSPS) is 12.1. The monoisotopic (exact) mass is 398 g/mol. The molecule has 0 saturated heterocycles. The van der Waals surface area contributed by atoms with Crippen molar-refractivity contribution in [3.8, 4) is 0 Å². The molecule has 4 N–H and O–H groups in total. The molecule has 10 nitrogen and oxygen atoms in total. The van der Waals surface area contributed by atoms with Crippen molar-refractivity contribution < 1.29 is 29.0 Å². The summed E-state index contributed by atoms with van der Waals surface area (Å²) in [5, 5.41) is 16.3. The van der Waals surface area contributed by atoms with Crippen LogP contribution in [0.5, 0.6) is 0 Å². The van der Waals surface area contributed by atoms with Gasteiger partial charge in [-0.25, -0.2) is 9.59 Å². The molecule has 0 heterocycles. The molecule has 0 aliphatic heterocycles. The number of benzene rings is 1. The second-order valence-corrected chi connectivity index (χ2v) is 6.32. The molecule has 1 aromatic rings. The quantitative estimate of drug-likeness (QED) is 0.326. The van der Waals surface area contributed by atoms with E-state index in [1.807, 2.05) is 6.92 Å². The highest BCUT2D eigenvalue weighted by atomic mass is 32.2. The van der Waals surface area contributed by atoms with Gasteiger partial charge in [0.05, 0.1) is 24.6 Å². The number of hydrogen-bond donors (Lipinski definition) is 4. The zero-order chi connectivity index (χ0) is 20.4. The number of hydrogen-bond acceptors (Lipinski definition) is 6. The maximum atomic E-state index is 11.5. The third-order valence-corrected chi connectivity index (χ3v) is 4.28. The van der Waals surface area contributed by atoms with E-state index < -0.39 is 12.2 Å². The lowest BCUT2D eigenvalue weighted by molar-refractivity contribution is -0.114. The standard InChI is InChI=1S/C16H22N4O6S/c1-9(25-3)8-27-11-5-6-12(13(7-11)17-10(2)21)18-14(19-15(22)23)20-16(24)26-4/h5-7,9H,8H2,1-4H3,(H,17,21)(H,22,23)(H2,18,19,20,24). The molecule has 0 saturated carbocycles. The van der Waals surface area contributed by atoms with Crippen LogP contribution >= 0.6 is 11.8 Å². The Labute approximate surface area is 160 Å². The number of nitrogens with zero attached hydrogens (tertiary/aromatic N) is 1. The Morgan fingerprint density at radius 1 is 1.22 bits per heavy atom. The van der Waals surface area contributed by atoms with Crippen molar-refractivity contribution >= 4 is 47.2 Å². The fraction of sp³-hybridized carbons (Fsp3) is 0.375. The van der Waals surface area contributed by atoms with Gasteiger partial charge in [0, 0.05) is 24.7 Å². The molecule has 27 heavy (non-hydrogen) atoms. The summed E-state index contributed by atoms with van der Waals surface area (Å²) in [6.07, 6.45) is -2.37. The highest BCUT2D eigenvalue weighted by molar-refractivity contribution is 7.99. The number of rotatable bonds is 6. The van der Waals surface area contributed by atoms with Gasteiger partial charge in [0.25, 0.3) is 0 Å². The number of anilines is 2. The number of methoxy groups -OCH3 is 2. The van der Waals surface area contributed by atoms with Gasteiger partial charge in [-0.2, -0.15) is 0 Å². The van der Waals surface area contributed by atoms with E-state index in [0.717, 1.165) is 12.0 Å². The molecule has 0 fully saturated rings. The van der Waals surface area contributed by atoms with Crippen LogP contribution in [0.3, 0.4) is 0 Å². The smallest absolute Gasteiger partial charge is 0.434 e. The molecular formula is C16H22N4O6S. The number of carbonyl (C=O) groups is 3. The van der Waals surface area contributed by atoms with E-state index in [9.17, 15) is 14.4 Å². The molecule has 1 rings (SSSR count). The average molecular weight is 398 g/mol. The minimum atomic E-state index is -1.52. The number of carboxylic acid groups (broad SMARTS) is 1. The molecular weight excluding hydrogens is 376 g/mol. The summed E-state index contributed by atoms with van der Waals surface area (Å²) in [5.74, 6) is 0.0239. The van der Waals surface area contributed by atoms with Gasteiger partial charge in [0.15, 0.2) is 0 Å². The summed E-state index contributed by atoms with van der Waals surface area (Å²) >= 11 is 1.53. The Morgan fingerprint density at radius 3 is 2.48 bits per heavy atom. The second kappa shape index (κ2) is 11.0. The number of guanidine groups is 1. The van der Waals surface area contributed by atoms with Gasteiger partial charge in [0.1, 0.15) is 0 Å². The Kier molecular flexibility index (Phi) is 9.09. The molecule has 0 aliphatic rings. The Morgan fingerprint density at radius 2 is 1.93 bits per heavy atom. The van der Waals surface area contributed by atoms with Crippen LogP contribution in [0.2, 0.25) is 0 Å². The van der Waals surface area contributed by atoms with Crippen molar-refractivity contribution in [3.63, 3.8) is 0 Å². The Hall–Kier alpha value is -2.79. The van der Waals surface area contributed by atoms with Gasteiger partial charge in [-0.1, -0.05) is 0 Å². The first-order chi connectivity index (χ1) is 12.7. The number of amides is 3. The Balaban J connectivity index is 3.09. The van der Waals surface area contributed by atoms with E-state index in [0.29, 0.717) is 17.1 Å². The molecule has 148 valence electrons. The van der Waals surface area contributed by atoms with Crippen LogP contribution in [-0.4, -0.2) is 55.2 Å². The van der Waals surface area contributed by atoms with Crippen molar-refractivity contribution in [2.45, 2.75) is 24.8 Å². The average Bonchev–Trinajstić information content (AvgIpc) is 2.60. The fourth-order valence-corrected chi connectivity index (χ4v) is 2.68. The summed E-state index contributed by atoms with van der Waals surface area (Å²) in [7, 11) is 2.75. The van der Waals surface area contributed by atoms with E-state index in [1.165, 1.54) is 18.7 Å². The number of alkyl carbamates (subject to hydrolysis) is 1. The largest absolute Gasteiger partial charge is 0.463 e. The van der Waals surface area contributed by atoms with Crippen LogP contribution in [0.4, 0.5) is 21.0 Å². The third kappa shape index (κ3) is 8.42. The molecule has 1 atom stereocenters. The third-order valence-electron chi connectivity index (χ3n) is 3.06. The molecule has 0 spiro atoms. The molecule has 0 aromatic heterocycles. The molecule has 0 bridgehead atoms. The minimum Gasteiger partial charge on any atom is -0.463 e. The van der Waals surface area contributed by atoms with Crippen LogP contribution in [0.1, 0.15) is 13.8 Å². The minimum absolute atomic E-state index is 0.0515. The molecule has 1 unspecified atom stereocenters. The second-order valence-electron chi connectivity index (χ2n) is 5.23. The van der Waals surface area contributed by atoms with Crippen LogP contribution in [0, 0.1) is 0 Å². The van der Waals surface area contributed by atoms with Crippen molar-refractivity contribution in [2.75, 3.05) is 30.6 Å². The number of ether oxygens (including phenoxy) is 2. The van der Waals surface area contributed by atoms with Gasteiger partial charge < -0.3 is 25.2 Å². The van der Waals surface area contributed by atoms with E-state index in [-0.39, 0.29) is 18.0 Å². The van der Waals surface area contributed by atoms with Crippen molar-refractivity contribution in [3.05, 3.63) is 18.2 Å². The summed E-state index contributed by atoms with van der Waals surface area (Å²) in [6, 6.07) is 5.12. The number of nitrogens with one attached hydrogen (secondary N) is 3. The van der Waals surface area contributed by atoms with Gasteiger partial charge in [-0.05, 0) is 25.1 Å². The number of carbonyl (C=O) groups excluding carboxylic acids is 2. The summed E-state index contributed by atoms with van der Waals surface area (Å²) in [6.45, 7) is 3.28. The van der Waals surface area contributed by atoms with E-state index in [4.69, 9.17) is 9.84 Å². The zero-order valence-electron chi connectivity index (χ0n) is 15.4. The highest BCUT2D eigenvalue weighted by Crippen LogP contribution is 2.29. The number of thioether (sulfide) groups is 1. The molecule has 3 amide bonds. The van der Waals surface area contributed by atoms with Crippen LogP contribution < -0.4 is 16.0 Å². The van der Waals surface area contributed by atoms with Crippen LogP contribution in [0.15, 0.2) is 28.1 Å². The summed E-state index contributed by atoms with van der Waals surface area (Å²) in [5.41, 5.74) is 0.730. The lowest BCUT2D eigenvalue weighted by Gasteiger charge is -2.16. The predicted octanol–water partition coefficient (Wildman–Crippen LogP) is 2.57. The molecule has 1 aromatic carbocycles. The van der Waals surface area contributed by atoms with E-state index in [1.54, 1.807) is 25.3 Å². The first-order valence-electron chi connectivity index (χ1n) is 7.76. The highest BCUT2D eigenvalue weighted by Gasteiger charge is 2.13. The van der Waals surface area contributed by atoms with Crippen molar-refractivity contribution in [2.24, 2.45) is 4.99 Å². The lowest BCUT2D eigenvalue weighted by Crippen LogP contribution is -2.36. The Bertz CT molecular complexity index is 725. The van der Waals surface area contributed by atoms with Gasteiger partial charge in [0.2, 0.25) is 11.9 Å². The fourth-order valence-electron chi connectivity index (χ4n) is 1.75.